The summed E-state index contributed by atoms with van der Waals surface area (Å²) < 4.78 is 18.8. The van der Waals surface area contributed by atoms with Crippen LogP contribution in [0.25, 0.3) is 0 Å². The van der Waals surface area contributed by atoms with Gasteiger partial charge < -0.3 is 10.1 Å². The number of ether oxygens (including phenoxy) is 1. The molecule has 0 atom stereocenters. The Hall–Kier alpha value is -2.74. The van der Waals surface area contributed by atoms with Crippen molar-refractivity contribution in [3.8, 4) is 0 Å². The van der Waals surface area contributed by atoms with Crippen LogP contribution < -0.4 is 10.6 Å². The van der Waals surface area contributed by atoms with Gasteiger partial charge in [0.2, 0.25) is 5.91 Å². The lowest BCUT2D eigenvalue weighted by molar-refractivity contribution is -0.116. The average Bonchev–Trinajstić information content (AvgIpc) is 2.92. The number of anilines is 2. The van der Waals surface area contributed by atoms with Gasteiger partial charge in [0.25, 0.3) is 0 Å². The lowest BCUT2D eigenvalue weighted by atomic mass is 10.1. The number of ketones is 1. The summed E-state index contributed by atoms with van der Waals surface area (Å²) in [5, 5.41) is 5.04. The van der Waals surface area contributed by atoms with Crippen LogP contribution in [-0.4, -0.2) is 23.4 Å². The Morgan fingerprint density at radius 1 is 1.03 bits per heavy atom. The van der Waals surface area contributed by atoms with Crippen LogP contribution in [0.4, 0.5) is 20.6 Å². The predicted octanol–water partition coefficient (Wildman–Crippen LogP) is 5.45. The van der Waals surface area contributed by atoms with E-state index in [1.807, 2.05) is 19.9 Å². The van der Waals surface area contributed by atoms with Gasteiger partial charge in [-0.2, -0.15) is 0 Å². The first kappa shape index (κ1) is 22.5. The monoisotopic (exact) mass is 420 g/mol. The molecule has 0 radical (unpaired) electrons. The van der Waals surface area contributed by atoms with Crippen LogP contribution >= 0.6 is 11.3 Å². The Kier molecular flexibility index (Phi) is 7.13. The van der Waals surface area contributed by atoms with Crippen molar-refractivity contribution in [2.24, 2.45) is 0 Å². The Morgan fingerprint density at radius 3 is 2.31 bits per heavy atom. The molecular weight excluding hydrogens is 395 g/mol. The normalized spacial score (nSPS) is 11.1. The van der Waals surface area contributed by atoms with E-state index in [4.69, 9.17) is 4.74 Å². The van der Waals surface area contributed by atoms with Crippen molar-refractivity contribution in [2.45, 2.75) is 53.1 Å². The molecule has 0 fully saturated rings. The van der Waals surface area contributed by atoms with Crippen LogP contribution in [0.2, 0.25) is 0 Å². The average molecular weight is 421 g/mol. The second kappa shape index (κ2) is 9.17. The number of thiophene rings is 1. The molecule has 29 heavy (non-hydrogen) atoms. The fraction of sp³-hybridized carbons (Fsp3) is 0.381. The van der Waals surface area contributed by atoms with Gasteiger partial charge in [0.15, 0.2) is 5.78 Å². The molecule has 156 valence electrons. The Balaban J connectivity index is 2.02. The molecule has 0 aliphatic heterocycles. The first-order chi connectivity index (χ1) is 13.4. The van der Waals surface area contributed by atoms with Gasteiger partial charge in [-0.15, -0.1) is 11.3 Å². The highest BCUT2D eigenvalue weighted by Crippen LogP contribution is 2.25. The topological polar surface area (TPSA) is 84.5 Å². The zero-order chi connectivity index (χ0) is 21.8. The maximum absolute atomic E-state index is 13.6. The summed E-state index contributed by atoms with van der Waals surface area (Å²) in [4.78, 5) is 38.5. The zero-order valence-electron chi connectivity index (χ0n) is 17.1. The quantitative estimate of drug-likeness (QED) is 0.609. The molecule has 2 aromatic rings. The highest BCUT2D eigenvalue weighted by atomic mass is 32.1. The lowest BCUT2D eigenvalue weighted by Gasteiger charge is -2.20. The molecule has 0 unspecified atom stereocenters. The number of rotatable bonds is 6. The highest BCUT2D eigenvalue weighted by Gasteiger charge is 2.19. The first-order valence-corrected chi connectivity index (χ1v) is 9.96. The Labute approximate surface area is 173 Å². The van der Waals surface area contributed by atoms with Crippen LogP contribution in [0.1, 0.15) is 53.7 Å². The largest absolute Gasteiger partial charge is 0.444 e. The number of carbonyl (C=O) groups excluding carboxylic acids is 3. The molecule has 1 heterocycles. The summed E-state index contributed by atoms with van der Waals surface area (Å²) in [6, 6.07) is 5.40. The van der Waals surface area contributed by atoms with E-state index in [0.717, 1.165) is 21.9 Å². The van der Waals surface area contributed by atoms with E-state index in [-0.39, 0.29) is 30.0 Å². The smallest absolute Gasteiger partial charge is 0.412 e. The maximum Gasteiger partial charge on any atom is 0.412 e. The van der Waals surface area contributed by atoms with Crippen LogP contribution in [-0.2, 0) is 9.53 Å². The number of carbonyl (C=O) groups is 3. The van der Waals surface area contributed by atoms with E-state index in [1.54, 1.807) is 20.8 Å². The fourth-order valence-corrected chi connectivity index (χ4v) is 3.57. The third-order valence-electron chi connectivity index (χ3n) is 3.81. The van der Waals surface area contributed by atoms with Crippen molar-refractivity contribution < 1.29 is 23.5 Å². The SMILES string of the molecule is Cc1cc(C(=O)CCC(=O)Nc2cc(F)ccc2NC(=O)OC(C)(C)C)c(C)s1. The van der Waals surface area contributed by atoms with Gasteiger partial charge in [0.05, 0.1) is 11.4 Å². The van der Waals surface area contributed by atoms with Gasteiger partial charge in [-0.25, -0.2) is 9.18 Å². The molecule has 2 amide bonds. The standard InChI is InChI=1S/C21H25FN2O4S/c1-12-10-15(13(2)29-12)18(25)8-9-19(26)23-17-11-14(22)6-7-16(17)24-20(27)28-21(3,4)5/h6-7,10-11H,8-9H2,1-5H3,(H,23,26)(H,24,27). The van der Waals surface area contributed by atoms with Crippen LogP contribution in [0.3, 0.4) is 0 Å². The molecule has 0 spiro atoms. The van der Waals surface area contributed by atoms with Gasteiger partial charge >= 0.3 is 6.09 Å². The molecule has 2 N–H and O–H groups in total. The van der Waals surface area contributed by atoms with E-state index in [1.165, 1.54) is 17.4 Å². The first-order valence-electron chi connectivity index (χ1n) is 9.14. The van der Waals surface area contributed by atoms with Crippen LogP contribution in [0.5, 0.6) is 0 Å². The van der Waals surface area contributed by atoms with E-state index in [0.29, 0.717) is 5.56 Å². The van der Waals surface area contributed by atoms with Crippen LogP contribution in [0, 0.1) is 19.7 Å². The molecule has 6 nitrogen and oxygen atoms in total. The van der Waals surface area contributed by atoms with Crippen molar-refractivity contribution in [3.05, 3.63) is 45.4 Å². The minimum absolute atomic E-state index is 0.0347. The highest BCUT2D eigenvalue weighted by molar-refractivity contribution is 7.12. The van der Waals surface area contributed by atoms with E-state index in [2.05, 4.69) is 10.6 Å². The molecule has 0 aliphatic rings. The van der Waals surface area contributed by atoms with E-state index in [9.17, 15) is 18.8 Å². The number of amides is 2. The second-order valence-corrected chi connectivity index (χ2v) is 9.08. The maximum atomic E-state index is 13.6. The second-order valence-electron chi connectivity index (χ2n) is 7.62. The summed E-state index contributed by atoms with van der Waals surface area (Å²) >= 11 is 1.53. The van der Waals surface area contributed by atoms with Crippen molar-refractivity contribution in [3.63, 3.8) is 0 Å². The molecular formula is C21H25FN2O4S. The number of aryl methyl sites for hydroxylation is 2. The summed E-state index contributed by atoms with van der Waals surface area (Å²) in [7, 11) is 0. The Bertz CT molecular complexity index is 931. The number of benzene rings is 1. The fourth-order valence-electron chi connectivity index (χ4n) is 2.62. The summed E-state index contributed by atoms with van der Waals surface area (Å²) in [5.41, 5.74) is 0.213. The van der Waals surface area contributed by atoms with Gasteiger partial charge in [-0.1, -0.05) is 0 Å². The molecule has 1 aromatic heterocycles. The van der Waals surface area contributed by atoms with Crippen molar-refractivity contribution in [1.29, 1.82) is 0 Å². The molecule has 0 bridgehead atoms. The number of nitrogens with one attached hydrogen (secondary N) is 2. The molecule has 0 saturated heterocycles. The summed E-state index contributed by atoms with van der Waals surface area (Å²) in [5.74, 6) is -1.15. The van der Waals surface area contributed by atoms with E-state index >= 15 is 0 Å². The summed E-state index contributed by atoms with van der Waals surface area (Å²) in [6.07, 6.45) is -0.749. The number of hydrogen-bond donors (Lipinski definition) is 2. The molecule has 1 aromatic carbocycles. The van der Waals surface area contributed by atoms with Gasteiger partial charge in [-0.3, -0.25) is 14.9 Å². The zero-order valence-corrected chi connectivity index (χ0v) is 18.0. The number of halogens is 1. The van der Waals surface area contributed by atoms with Crippen molar-refractivity contribution in [1.82, 2.24) is 0 Å². The third-order valence-corrected chi connectivity index (χ3v) is 4.78. The number of Topliss-reactive ketones (excluding diaryl/α,β-unsaturated/α-hetero) is 1. The minimum atomic E-state index is -0.724. The predicted molar refractivity (Wildman–Crippen MR) is 112 cm³/mol. The molecule has 2 rings (SSSR count). The van der Waals surface area contributed by atoms with Gasteiger partial charge in [0.1, 0.15) is 11.4 Å². The molecule has 0 aliphatic carbocycles. The lowest BCUT2D eigenvalue weighted by Crippen LogP contribution is -2.27. The van der Waals surface area contributed by atoms with Crippen molar-refractivity contribution >= 4 is 40.5 Å². The molecule has 0 saturated carbocycles. The van der Waals surface area contributed by atoms with Crippen molar-refractivity contribution in [2.75, 3.05) is 10.6 Å². The van der Waals surface area contributed by atoms with Gasteiger partial charge in [0, 0.05) is 28.2 Å². The van der Waals surface area contributed by atoms with Gasteiger partial charge in [-0.05, 0) is 58.9 Å². The number of hydrogen-bond acceptors (Lipinski definition) is 5. The Morgan fingerprint density at radius 2 is 1.72 bits per heavy atom. The third kappa shape index (κ3) is 6.98. The van der Waals surface area contributed by atoms with Crippen LogP contribution in [0.15, 0.2) is 24.3 Å². The molecule has 8 heteroatoms. The summed E-state index contributed by atoms with van der Waals surface area (Å²) in [6.45, 7) is 8.94. The van der Waals surface area contributed by atoms with E-state index < -0.39 is 23.4 Å². The minimum Gasteiger partial charge on any atom is -0.444 e.